The van der Waals surface area contributed by atoms with Gasteiger partial charge in [0.2, 0.25) is 0 Å². The second-order valence-corrected chi connectivity index (χ2v) is 12.5. The molecule has 0 unspecified atom stereocenters. The third kappa shape index (κ3) is 8.77. The van der Waals surface area contributed by atoms with Gasteiger partial charge in [0.25, 0.3) is 11.8 Å². The van der Waals surface area contributed by atoms with E-state index < -0.39 is 29.7 Å². The summed E-state index contributed by atoms with van der Waals surface area (Å²) in [6, 6.07) is 9.73. The monoisotopic (exact) mass is 667 g/mol. The van der Waals surface area contributed by atoms with Crippen molar-refractivity contribution in [2.45, 2.75) is 89.6 Å². The molecule has 2 aromatic carbocycles. The van der Waals surface area contributed by atoms with Crippen LogP contribution in [0.25, 0.3) is 0 Å². The van der Waals surface area contributed by atoms with E-state index in [0.717, 1.165) is 49.5 Å². The van der Waals surface area contributed by atoms with Crippen LogP contribution in [0.15, 0.2) is 42.5 Å². The van der Waals surface area contributed by atoms with Crippen molar-refractivity contribution in [2.75, 3.05) is 33.4 Å². The van der Waals surface area contributed by atoms with Crippen molar-refractivity contribution >= 4 is 11.8 Å². The number of aromatic nitrogens is 2. The maximum Gasteiger partial charge on any atom is 0.274 e. The molecule has 5 rings (SSSR count). The van der Waals surface area contributed by atoms with E-state index in [-0.39, 0.29) is 42.3 Å². The summed E-state index contributed by atoms with van der Waals surface area (Å²) in [6.07, 6.45) is 3.82. The van der Waals surface area contributed by atoms with E-state index in [1.807, 2.05) is 26.0 Å². The lowest BCUT2D eigenvalue weighted by atomic mass is 9.87. The lowest BCUT2D eigenvalue weighted by Crippen LogP contribution is -2.53. The Bertz CT molecular complexity index is 1540. The molecule has 1 saturated carbocycles. The molecule has 1 heterocycles. The zero-order chi connectivity index (χ0) is 34.2. The summed E-state index contributed by atoms with van der Waals surface area (Å²) in [5, 5.41) is 22.7. The van der Waals surface area contributed by atoms with Crippen molar-refractivity contribution in [3.63, 3.8) is 0 Å². The van der Waals surface area contributed by atoms with Crippen LogP contribution >= 0.6 is 0 Å². The molecule has 0 aliphatic heterocycles. The molecule has 2 aliphatic rings. The van der Waals surface area contributed by atoms with E-state index >= 15 is 0 Å². The lowest BCUT2D eigenvalue weighted by molar-refractivity contribution is 0.0310. The summed E-state index contributed by atoms with van der Waals surface area (Å²) < 4.78 is 40.9. The summed E-state index contributed by atoms with van der Waals surface area (Å²) in [5.41, 5.74) is 2.99. The molecule has 0 bridgehead atoms. The maximum atomic E-state index is 14.3. The van der Waals surface area contributed by atoms with Gasteiger partial charge >= 0.3 is 0 Å². The first kappa shape index (κ1) is 35.4. The number of nitrogens with one attached hydrogen (secondary N) is 2. The van der Waals surface area contributed by atoms with Crippen molar-refractivity contribution in [2.24, 2.45) is 0 Å². The highest BCUT2D eigenvalue weighted by atomic mass is 19.1. The van der Waals surface area contributed by atoms with E-state index in [1.54, 1.807) is 12.0 Å². The predicted molar refractivity (Wildman–Crippen MR) is 177 cm³/mol. The Morgan fingerprint density at radius 2 is 1.88 bits per heavy atom. The third-order valence-corrected chi connectivity index (χ3v) is 9.07. The van der Waals surface area contributed by atoms with Crippen LogP contribution < -0.4 is 15.4 Å². The number of benzene rings is 2. The Morgan fingerprint density at radius 3 is 2.56 bits per heavy atom. The molecule has 48 heavy (non-hydrogen) atoms. The molecule has 1 aromatic heterocycles. The minimum Gasteiger partial charge on any atom is -0.497 e. The molecule has 3 atom stereocenters. The Balaban J connectivity index is 1.39. The average Bonchev–Trinajstić information content (AvgIpc) is 3.82. The van der Waals surface area contributed by atoms with Crippen LogP contribution in [-0.2, 0) is 24.1 Å². The molecule has 0 saturated heterocycles. The average molecular weight is 668 g/mol. The Labute approximate surface area is 280 Å². The molecule has 2 amide bonds. The summed E-state index contributed by atoms with van der Waals surface area (Å²) in [5.74, 6) is -1.49. The molecular formula is C36H47F2N5O5. The van der Waals surface area contributed by atoms with E-state index in [0.29, 0.717) is 38.3 Å². The maximum absolute atomic E-state index is 14.3. The first-order valence-corrected chi connectivity index (χ1v) is 17.0. The number of halogens is 2. The van der Waals surface area contributed by atoms with Crippen molar-refractivity contribution in [3.05, 3.63) is 82.2 Å². The highest BCUT2D eigenvalue weighted by Gasteiger charge is 2.42. The first-order chi connectivity index (χ1) is 23.2. The molecule has 0 radical (unpaired) electrons. The number of carbonyl (C=O) groups excluding carboxylic acids is 2. The second kappa shape index (κ2) is 16.5. The standard InChI is InChI=1S/C36H47F2N5O5/c1-4-42-33(35(45)39-14-7-15-48-5-2)21-31(41-42)36(46)43(27-11-12-27)32(18-23-16-25(37)19-26(38)17-23)34(44)22-40-30-9-6-8-24-10-13-28(47-3)20-29(24)30/h10,13,16-17,19-21,27,30,32,34,40,44H,4-9,11-12,14-15,18,22H2,1-3H3,(H,39,45)/t30-,32-,34+/m0/s1. The summed E-state index contributed by atoms with van der Waals surface area (Å²) in [4.78, 5) is 28.9. The van der Waals surface area contributed by atoms with Crippen LogP contribution in [0.5, 0.6) is 5.75 Å². The number of amides is 2. The van der Waals surface area contributed by atoms with E-state index in [2.05, 4.69) is 21.8 Å². The predicted octanol–water partition coefficient (Wildman–Crippen LogP) is 4.59. The van der Waals surface area contributed by atoms with Gasteiger partial charge in [0.1, 0.15) is 23.1 Å². The van der Waals surface area contributed by atoms with Crippen LogP contribution in [-0.4, -0.2) is 83.2 Å². The minimum atomic E-state index is -1.08. The zero-order valence-corrected chi connectivity index (χ0v) is 28.0. The van der Waals surface area contributed by atoms with Gasteiger partial charge in [-0.3, -0.25) is 14.3 Å². The normalized spacial score (nSPS) is 17.0. The molecule has 0 spiro atoms. The number of aryl methyl sites for hydroxylation is 2. The summed E-state index contributed by atoms with van der Waals surface area (Å²) >= 11 is 0. The van der Waals surface area contributed by atoms with Crippen LogP contribution in [0, 0.1) is 11.6 Å². The number of hydrogen-bond acceptors (Lipinski definition) is 7. The second-order valence-electron chi connectivity index (χ2n) is 12.5. The topological polar surface area (TPSA) is 118 Å². The molecule has 3 aromatic rings. The number of carbonyl (C=O) groups is 2. The molecule has 3 N–H and O–H groups in total. The van der Waals surface area contributed by atoms with Crippen LogP contribution in [0.4, 0.5) is 8.78 Å². The van der Waals surface area contributed by atoms with E-state index in [9.17, 15) is 23.5 Å². The number of aliphatic hydroxyl groups excluding tert-OH is 1. The highest BCUT2D eigenvalue weighted by Crippen LogP contribution is 2.34. The molecule has 260 valence electrons. The zero-order valence-electron chi connectivity index (χ0n) is 28.0. The van der Waals surface area contributed by atoms with Crippen molar-refractivity contribution in [1.29, 1.82) is 0 Å². The Kier molecular flexibility index (Phi) is 12.2. The van der Waals surface area contributed by atoms with Gasteiger partial charge in [0, 0.05) is 57.1 Å². The highest BCUT2D eigenvalue weighted by molar-refractivity contribution is 5.98. The van der Waals surface area contributed by atoms with Gasteiger partial charge in [0.15, 0.2) is 5.69 Å². The molecule has 2 aliphatic carbocycles. The number of fused-ring (bicyclic) bond motifs is 1. The van der Waals surface area contributed by atoms with E-state index in [1.165, 1.54) is 28.4 Å². The number of nitrogens with zero attached hydrogens (tertiary/aromatic N) is 3. The largest absolute Gasteiger partial charge is 0.497 e. The van der Waals surface area contributed by atoms with Gasteiger partial charge in [-0.25, -0.2) is 8.78 Å². The lowest BCUT2D eigenvalue weighted by Gasteiger charge is -2.36. The number of rotatable bonds is 17. The van der Waals surface area contributed by atoms with Gasteiger partial charge in [-0.1, -0.05) is 6.07 Å². The summed E-state index contributed by atoms with van der Waals surface area (Å²) in [7, 11) is 1.63. The van der Waals surface area contributed by atoms with Crippen molar-refractivity contribution < 1.29 is 33.0 Å². The van der Waals surface area contributed by atoms with Crippen LogP contribution in [0.3, 0.4) is 0 Å². The van der Waals surface area contributed by atoms with Gasteiger partial charge in [0.05, 0.1) is 19.3 Å². The van der Waals surface area contributed by atoms with E-state index in [4.69, 9.17) is 9.47 Å². The number of hydrogen-bond donors (Lipinski definition) is 3. The van der Waals surface area contributed by atoms with Crippen molar-refractivity contribution in [3.8, 4) is 5.75 Å². The molecule has 12 heteroatoms. The van der Waals surface area contributed by atoms with Crippen LogP contribution in [0.2, 0.25) is 0 Å². The Hall–Kier alpha value is -3.87. The van der Waals surface area contributed by atoms with Crippen LogP contribution in [0.1, 0.15) is 89.7 Å². The number of aliphatic hydroxyl groups is 1. The van der Waals surface area contributed by atoms with Gasteiger partial charge in [-0.05, 0) is 99.7 Å². The fourth-order valence-electron chi connectivity index (χ4n) is 6.53. The first-order valence-electron chi connectivity index (χ1n) is 17.0. The van der Waals surface area contributed by atoms with Gasteiger partial charge in [-0.15, -0.1) is 0 Å². The quantitative estimate of drug-likeness (QED) is 0.180. The minimum absolute atomic E-state index is 0.0243. The number of ether oxygens (including phenoxy) is 2. The van der Waals surface area contributed by atoms with Gasteiger partial charge in [-0.2, -0.15) is 5.10 Å². The Morgan fingerprint density at radius 1 is 1.10 bits per heavy atom. The molecular weight excluding hydrogens is 620 g/mol. The fourth-order valence-corrected chi connectivity index (χ4v) is 6.53. The van der Waals surface area contributed by atoms with Crippen molar-refractivity contribution in [1.82, 2.24) is 25.3 Å². The molecule has 10 nitrogen and oxygen atoms in total. The van der Waals surface area contributed by atoms with Gasteiger partial charge < -0.3 is 30.1 Å². The fraction of sp³-hybridized carbons (Fsp3) is 0.528. The number of methoxy groups -OCH3 is 1. The smallest absolute Gasteiger partial charge is 0.274 e. The molecule has 1 fully saturated rings. The summed E-state index contributed by atoms with van der Waals surface area (Å²) in [6.45, 7) is 5.79. The third-order valence-electron chi connectivity index (χ3n) is 9.07. The SMILES string of the molecule is CCOCCCNC(=O)c1cc(C(=O)N(C2CC2)[C@@H](Cc2cc(F)cc(F)c2)[C@H](O)CN[C@H]2CCCc3ccc(OC)cc32)nn1CC.